The van der Waals surface area contributed by atoms with E-state index < -0.39 is 0 Å². The lowest BCUT2D eigenvalue weighted by atomic mass is 9.88. The molecule has 6 nitrogen and oxygen atoms in total. The van der Waals surface area contributed by atoms with E-state index >= 15 is 0 Å². The van der Waals surface area contributed by atoms with E-state index in [0.29, 0.717) is 0 Å². The minimum absolute atomic E-state index is 0.227. The summed E-state index contributed by atoms with van der Waals surface area (Å²) in [6.07, 6.45) is 3.52. The molecule has 4 heterocycles. The van der Waals surface area contributed by atoms with Crippen molar-refractivity contribution in [1.82, 2.24) is 19.5 Å². The maximum Gasteiger partial charge on any atom is 0.149 e. The molecule has 0 spiro atoms. The molecule has 0 aliphatic rings. The first kappa shape index (κ1) is 29.6. The van der Waals surface area contributed by atoms with Crippen LogP contribution in [0.4, 0.5) is 0 Å². The third-order valence-electron chi connectivity index (χ3n) is 10.3. The molecular weight excluding hydrogens is 629 g/mol. The highest BCUT2D eigenvalue weighted by molar-refractivity contribution is 6.16. The molecule has 10 aromatic rings. The van der Waals surface area contributed by atoms with Gasteiger partial charge >= 0.3 is 0 Å². The van der Waals surface area contributed by atoms with Gasteiger partial charge in [0.25, 0.3) is 0 Å². The van der Waals surface area contributed by atoms with Crippen molar-refractivity contribution in [2.75, 3.05) is 0 Å². The number of aromatic nitrogens is 4. The van der Waals surface area contributed by atoms with E-state index in [1.54, 1.807) is 6.33 Å². The average molecular weight is 663 g/mol. The molecule has 0 amide bonds. The first-order valence-electron chi connectivity index (χ1n) is 17.6. The molecular formula is C45H34N4O2. The molecule has 0 N–H and O–H groups in total. The molecule has 0 aliphatic carbocycles. The van der Waals surface area contributed by atoms with Crippen molar-refractivity contribution in [3.05, 3.63) is 133 Å². The molecule has 0 radical (unpaired) electrons. The van der Waals surface area contributed by atoms with Crippen molar-refractivity contribution in [3.8, 4) is 28.2 Å². The van der Waals surface area contributed by atoms with E-state index in [0.717, 1.165) is 82.9 Å². The fourth-order valence-electron chi connectivity index (χ4n) is 7.83. The molecule has 4 aromatic heterocycles. The van der Waals surface area contributed by atoms with E-state index in [1.807, 2.05) is 30.5 Å². The predicted molar refractivity (Wildman–Crippen MR) is 208 cm³/mol. The molecule has 10 rings (SSSR count). The lowest BCUT2D eigenvalue weighted by Gasteiger charge is -2.24. The third kappa shape index (κ3) is 4.46. The average Bonchev–Trinajstić information content (AvgIpc) is 3.84. The number of hydrogen-bond donors (Lipinski definition) is 0. The van der Waals surface area contributed by atoms with Crippen LogP contribution in [0.5, 0.6) is 0 Å². The van der Waals surface area contributed by atoms with Gasteiger partial charge in [-0.3, -0.25) is 4.57 Å². The second-order valence-corrected chi connectivity index (χ2v) is 14.1. The number of hydrogen-bond acceptors (Lipinski definition) is 5. The van der Waals surface area contributed by atoms with Crippen LogP contribution in [0, 0.1) is 0 Å². The Labute approximate surface area is 294 Å². The van der Waals surface area contributed by atoms with Gasteiger partial charge in [-0.25, -0.2) is 15.0 Å². The topological polar surface area (TPSA) is 69.9 Å². The van der Waals surface area contributed by atoms with Crippen molar-refractivity contribution in [2.45, 2.75) is 39.5 Å². The van der Waals surface area contributed by atoms with Gasteiger partial charge in [-0.15, -0.1) is 0 Å². The Hall–Kier alpha value is -6.27. The zero-order valence-electron chi connectivity index (χ0n) is 28.8. The second-order valence-electron chi connectivity index (χ2n) is 14.1. The molecule has 51 heavy (non-hydrogen) atoms. The first-order chi connectivity index (χ1) is 24.9. The Morgan fingerprint density at radius 1 is 0.569 bits per heavy atom. The lowest BCUT2D eigenvalue weighted by Crippen LogP contribution is -2.09. The normalized spacial score (nSPS) is 12.3. The number of imidazole rings is 1. The van der Waals surface area contributed by atoms with Crippen LogP contribution >= 0.6 is 0 Å². The monoisotopic (exact) mass is 662 g/mol. The van der Waals surface area contributed by atoms with Crippen molar-refractivity contribution < 1.29 is 8.83 Å². The summed E-state index contributed by atoms with van der Waals surface area (Å²) in [5, 5.41) is 5.10. The summed E-state index contributed by atoms with van der Waals surface area (Å²) in [4.78, 5) is 14.6. The van der Waals surface area contributed by atoms with Gasteiger partial charge in [-0.1, -0.05) is 88.4 Å². The molecule has 0 bridgehead atoms. The smallest absolute Gasteiger partial charge is 0.149 e. The molecule has 6 heteroatoms. The van der Waals surface area contributed by atoms with Crippen LogP contribution in [0.3, 0.4) is 0 Å². The Kier molecular flexibility index (Phi) is 6.46. The second kappa shape index (κ2) is 11.1. The van der Waals surface area contributed by atoms with Gasteiger partial charge in [0.05, 0.1) is 27.8 Å². The number of benzene rings is 6. The SMILES string of the molecule is CC(C)c1cc(-c2ccccc2)cc(C(C)C)c1-n1c(-c2cccc3c2oc2cc4c(cc23)oc2ccccc24)nc2ccc3ncncc3c21. The van der Waals surface area contributed by atoms with Crippen LogP contribution in [0.2, 0.25) is 0 Å². The Morgan fingerprint density at radius 2 is 1.25 bits per heavy atom. The van der Waals surface area contributed by atoms with Crippen LogP contribution in [0.25, 0.3) is 94.0 Å². The summed E-state index contributed by atoms with van der Waals surface area (Å²) in [6, 6.07) is 38.2. The van der Waals surface area contributed by atoms with Gasteiger partial charge in [-0.05, 0) is 82.6 Å². The first-order valence-corrected chi connectivity index (χ1v) is 17.6. The molecule has 246 valence electrons. The largest absolute Gasteiger partial charge is 0.456 e. The number of fused-ring (bicyclic) bond motifs is 9. The van der Waals surface area contributed by atoms with Gasteiger partial charge in [0.15, 0.2) is 0 Å². The summed E-state index contributed by atoms with van der Waals surface area (Å²) < 4.78 is 15.5. The van der Waals surface area contributed by atoms with Gasteiger partial charge in [-0.2, -0.15) is 0 Å². The summed E-state index contributed by atoms with van der Waals surface area (Å²) in [5.41, 5.74) is 13.0. The van der Waals surface area contributed by atoms with E-state index in [9.17, 15) is 0 Å². The Balaban J connectivity index is 1.32. The van der Waals surface area contributed by atoms with E-state index in [2.05, 4.69) is 127 Å². The van der Waals surface area contributed by atoms with Crippen LogP contribution in [0.15, 0.2) is 131 Å². The summed E-state index contributed by atoms with van der Waals surface area (Å²) in [7, 11) is 0. The number of para-hydroxylation sites is 2. The quantitative estimate of drug-likeness (QED) is 0.183. The minimum Gasteiger partial charge on any atom is -0.456 e. The highest BCUT2D eigenvalue weighted by Crippen LogP contribution is 2.44. The fourth-order valence-corrected chi connectivity index (χ4v) is 7.83. The Morgan fingerprint density at radius 3 is 2.04 bits per heavy atom. The minimum atomic E-state index is 0.227. The maximum absolute atomic E-state index is 6.85. The fraction of sp³-hybridized carbons (Fsp3) is 0.133. The van der Waals surface area contributed by atoms with Gasteiger partial charge in [0.1, 0.15) is 34.5 Å². The van der Waals surface area contributed by atoms with Crippen molar-refractivity contribution in [3.63, 3.8) is 0 Å². The molecule has 0 aliphatic heterocycles. The maximum atomic E-state index is 6.85. The van der Waals surface area contributed by atoms with Gasteiger partial charge in [0, 0.05) is 33.1 Å². The molecule has 0 fully saturated rings. The molecule has 0 saturated heterocycles. The lowest BCUT2D eigenvalue weighted by molar-refractivity contribution is 0.664. The molecule has 6 aromatic carbocycles. The van der Waals surface area contributed by atoms with E-state index in [4.69, 9.17) is 13.8 Å². The molecule has 0 atom stereocenters. The number of nitrogens with zero attached hydrogens (tertiary/aromatic N) is 4. The highest BCUT2D eigenvalue weighted by atomic mass is 16.3. The predicted octanol–water partition coefficient (Wildman–Crippen LogP) is 12.3. The van der Waals surface area contributed by atoms with Crippen LogP contribution in [-0.4, -0.2) is 19.5 Å². The zero-order valence-corrected chi connectivity index (χ0v) is 28.8. The standard InChI is InChI=1S/C45H34N4O2/c1-25(2)32-19-28(27-11-6-5-7-12-27)20-33(26(3)4)42(32)49-43-36-23-46-24-47-37(36)17-18-38(43)48-45(49)31-15-10-14-30-35-22-40-34(21-41(35)51-44(30)31)29-13-8-9-16-39(29)50-40/h5-26H,1-4H3. The molecule has 0 saturated carbocycles. The zero-order chi connectivity index (χ0) is 34.4. The molecule has 0 unspecified atom stereocenters. The summed E-state index contributed by atoms with van der Waals surface area (Å²) >= 11 is 0. The van der Waals surface area contributed by atoms with Gasteiger partial charge in [0.2, 0.25) is 0 Å². The van der Waals surface area contributed by atoms with Crippen molar-refractivity contribution in [2.24, 2.45) is 0 Å². The number of rotatable bonds is 5. The number of furan rings is 2. The van der Waals surface area contributed by atoms with E-state index in [1.165, 1.54) is 22.3 Å². The third-order valence-corrected chi connectivity index (χ3v) is 10.3. The summed E-state index contributed by atoms with van der Waals surface area (Å²) in [5.74, 6) is 1.27. The van der Waals surface area contributed by atoms with Crippen LogP contribution in [-0.2, 0) is 0 Å². The Bertz CT molecular complexity index is 2950. The van der Waals surface area contributed by atoms with Crippen molar-refractivity contribution in [1.29, 1.82) is 0 Å². The van der Waals surface area contributed by atoms with Crippen LogP contribution < -0.4 is 0 Å². The van der Waals surface area contributed by atoms with E-state index in [-0.39, 0.29) is 11.8 Å². The van der Waals surface area contributed by atoms with Crippen LogP contribution in [0.1, 0.15) is 50.7 Å². The van der Waals surface area contributed by atoms with Gasteiger partial charge < -0.3 is 8.83 Å². The van der Waals surface area contributed by atoms with Crippen molar-refractivity contribution >= 4 is 65.8 Å². The summed E-state index contributed by atoms with van der Waals surface area (Å²) in [6.45, 7) is 9.10. The highest BCUT2D eigenvalue weighted by Gasteiger charge is 2.27.